The zero-order valence-electron chi connectivity index (χ0n) is 18.1. The van der Waals surface area contributed by atoms with Gasteiger partial charge in [-0.25, -0.2) is 0 Å². The Morgan fingerprint density at radius 1 is 0.656 bits per heavy atom. The van der Waals surface area contributed by atoms with Crippen molar-refractivity contribution in [2.24, 2.45) is 0 Å². The molecule has 0 spiro atoms. The third-order valence-corrected chi connectivity index (χ3v) is 8.32. The van der Waals surface area contributed by atoms with Crippen LogP contribution in [0.25, 0.3) is 22.4 Å². The molecule has 2 aromatic carbocycles. The second-order valence-electron chi connectivity index (χ2n) is 8.11. The SMILES string of the molecule is c1ccc(-c2ccnnc2-c2ccccc2SC2CCCCO2)c(SC2CCCCO2)c1. The van der Waals surface area contributed by atoms with Crippen LogP contribution in [0.5, 0.6) is 0 Å². The molecule has 2 atom stereocenters. The lowest BCUT2D eigenvalue weighted by Crippen LogP contribution is -2.15. The fraction of sp³-hybridized carbons (Fsp3) is 0.385. The standard InChI is InChI=1S/C26H28N2O2S2/c1-3-11-22(31-24-13-5-7-17-29-24)19(9-1)20-15-16-27-28-26(20)21-10-2-4-12-23(21)32-25-14-6-8-18-30-25/h1-4,9-12,15-16,24-25H,5-8,13-14,17-18H2. The molecule has 0 saturated carbocycles. The zero-order valence-corrected chi connectivity index (χ0v) is 19.7. The summed E-state index contributed by atoms with van der Waals surface area (Å²) in [4.78, 5) is 2.43. The first-order valence-electron chi connectivity index (χ1n) is 11.5. The van der Waals surface area contributed by atoms with Crippen molar-refractivity contribution in [3.05, 3.63) is 60.8 Å². The van der Waals surface area contributed by atoms with Crippen LogP contribution in [0.15, 0.2) is 70.6 Å². The molecule has 0 N–H and O–H groups in total. The monoisotopic (exact) mass is 464 g/mol. The minimum absolute atomic E-state index is 0.205. The van der Waals surface area contributed by atoms with E-state index in [0.29, 0.717) is 0 Å². The molecule has 2 fully saturated rings. The van der Waals surface area contributed by atoms with Crippen LogP contribution in [-0.2, 0) is 9.47 Å². The van der Waals surface area contributed by atoms with Crippen molar-refractivity contribution in [2.45, 2.75) is 59.2 Å². The molecule has 6 heteroatoms. The minimum atomic E-state index is 0.205. The van der Waals surface area contributed by atoms with Crippen LogP contribution >= 0.6 is 23.5 Å². The van der Waals surface area contributed by atoms with Gasteiger partial charge < -0.3 is 9.47 Å². The number of hydrogen-bond donors (Lipinski definition) is 0. The molecule has 2 saturated heterocycles. The van der Waals surface area contributed by atoms with E-state index >= 15 is 0 Å². The third kappa shape index (κ3) is 5.20. The van der Waals surface area contributed by atoms with Gasteiger partial charge >= 0.3 is 0 Å². The van der Waals surface area contributed by atoms with Gasteiger partial charge in [-0.1, -0.05) is 59.9 Å². The second kappa shape index (κ2) is 10.8. The second-order valence-corrected chi connectivity index (χ2v) is 10.5. The lowest BCUT2D eigenvalue weighted by atomic mass is 10.00. The predicted octanol–water partition coefficient (Wildman–Crippen LogP) is 7.05. The molecule has 3 heterocycles. The lowest BCUT2D eigenvalue weighted by Gasteiger charge is -2.24. The summed E-state index contributed by atoms with van der Waals surface area (Å²) in [6.45, 7) is 1.71. The lowest BCUT2D eigenvalue weighted by molar-refractivity contribution is 0.0727. The molecule has 2 unspecified atom stereocenters. The summed E-state index contributed by atoms with van der Waals surface area (Å²) in [5.74, 6) is 0. The minimum Gasteiger partial charge on any atom is -0.367 e. The maximum atomic E-state index is 6.01. The van der Waals surface area contributed by atoms with E-state index in [4.69, 9.17) is 9.47 Å². The van der Waals surface area contributed by atoms with Gasteiger partial charge in [-0.05, 0) is 62.3 Å². The molecule has 3 aromatic rings. The first-order valence-corrected chi connectivity index (χ1v) is 13.2. The van der Waals surface area contributed by atoms with Crippen molar-refractivity contribution in [1.29, 1.82) is 0 Å². The van der Waals surface area contributed by atoms with E-state index in [9.17, 15) is 0 Å². The molecule has 5 rings (SSSR count). The van der Waals surface area contributed by atoms with Crippen molar-refractivity contribution in [3.63, 3.8) is 0 Å². The average molecular weight is 465 g/mol. The number of rotatable bonds is 6. The molecule has 2 aliphatic heterocycles. The molecule has 4 nitrogen and oxygen atoms in total. The molecule has 0 radical (unpaired) electrons. The Labute approximate surface area is 198 Å². The maximum absolute atomic E-state index is 6.01. The fourth-order valence-corrected chi connectivity index (χ4v) is 6.57. The normalized spacial score (nSPS) is 21.4. The summed E-state index contributed by atoms with van der Waals surface area (Å²) in [7, 11) is 0. The van der Waals surface area contributed by atoms with Gasteiger partial charge in [0.25, 0.3) is 0 Å². The summed E-state index contributed by atoms with van der Waals surface area (Å²) in [5.41, 5.74) is 4.75. The van der Waals surface area contributed by atoms with E-state index in [1.54, 1.807) is 6.20 Å². The predicted molar refractivity (Wildman–Crippen MR) is 132 cm³/mol. The van der Waals surface area contributed by atoms with Gasteiger partial charge in [0.2, 0.25) is 0 Å². The van der Waals surface area contributed by atoms with E-state index in [0.717, 1.165) is 55.7 Å². The van der Waals surface area contributed by atoms with Crippen LogP contribution in [-0.4, -0.2) is 34.3 Å². The number of nitrogens with zero attached hydrogens (tertiary/aromatic N) is 2. The van der Waals surface area contributed by atoms with Gasteiger partial charge in [0.1, 0.15) is 16.6 Å². The van der Waals surface area contributed by atoms with Crippen LogP contribution < -0.4 is 0 Å². The van der Waals surface area contributed by atoms with Crippen LogP contribution in [0.4, 0.5) is 0 Å². The van der Waals surface area contributed by atoms with E-state index in [1.807, 2.05) is 23.5 Å². The first kappa shape index (κ1) is 22.0. The molecular formula is C26H28N2O2S2. The number of hydrogen-bond acceptors (Lipinski definition) is 6. The highest BCUT2D eigenvalue weighted by molar-refractivity contribution is 8.00. The van der Waals surface area contributed by atoms with Crippen molar-refractivity contribution in [2.75, 3.05) is 13.2 Å². The van der Waals surface area contributed by atoms with Gasteiger partial charge in [0, 0.05) is 34.1 Å². The largest absolute Gasteiger partial charge is 0.367 e. The summed E-state index contributed by atoms with van der Waals surface area (Å²) >= 11 is 3.63. The Balaban J connectivity index is 1.50. The Hall–Kier alpha value is -1.86. The van der Waals surface area contributed by atoms with Crippen molar-refractivity contribution >= 4 is 23.5 Å². The molecule has 1 aromatic heterocycles. The summed E-state index contributed by atoms with van der Waals surface area (Å²) in [5, 5.41) is 8.88. The summed E-state index contributed by atoms with van der Waals surface area (Å²) < 4.78 is 12.0. The quantitative estimate of drug-likeness (QED) is 0.389. The maximum Gasteiger partial charge on any atom is 0.107 e. The van der Waals surface area contributed by atoms with Crippen molar-refractivity contribution < 1.29 is 9.47 Å². The van der Waals surface area contributed by atoms with Gasteiger partial charge in [-0.15, -0.1) is 5.10 Å². The first-order chi connectivity index (χ1) is 15.9. The molecule has 32 heavy (non-hydrogen) atoms. The average Bonchev–Trinajstić information content (AvgIpc) is 2.86. The molecule has 0 amide bonds. The smallest absolute Gasteiger partial charge is 0.107 e. The van der Waals surface area contributed by atoms with E-state index in [2.05, 4.69) is 64.8 Å². The van der Waals surface area contributed by atoms with Crippen molar-refractivity contribution in [3.8, 4) is 22.4 Å². The third-order valence-electron chi connectivity index (χ3n) is 5.83. The van der Waals surface area contributed by atoms with Gasteiger partial charge in [-0.3, -0.25) is 0 Å². The highest BCUT2D eigenvalue weighted by Crippen LogP contribution is 2.42. The van der Waals surface area contributed by atoms with Gasteiger partial charge in [0.05, 0.1) is 6.20 Å². The zero-order chi connectivity index (χ0) is 21.6. The Kier molecular flexibility index (Phi) is 7.44. The summed E-state index contributed by atoms with van der Waals surface area (Å²) in [6.07, 6.45) is 8.76. The molecule has 0 aliphatic carbocycles. The van der Waals surface area contributed by atoms with Crippen molar-refractivity contribution in [1.82, 2.24) is 10.2 Å². The van der Waals surface area contributed by atoms with Crippen LogP contribution in [0, 0.1) is 0 Å². The number of thioether (sulfide) groups is 2. The van der Waals surface area contributed by atoms with E-state index in [-0.39, 0.29) is 10.9 Å². The Morgan fingerprint density at radius 2 is 1.25 bits per heavy atom. The Bertz CT molecular complexity index is 951. The highest BCUT2D eigenvalue weighted by atomic mass is 32.2. The van der Waals surface area contributed by atoms with Crippen LogP contribution in [0.3, 0.4) is 0 Å². The molecular weight excluding hydrogens is 436 g/mol. The fourth-order valence-electron chi connectivity index (χ4n) is 4.20. The molecule has 166 valence electrons. The highest BCUT2D eigenvalue weighted by Gasteiger charge is 2.22. The van der Waals surface area contributed by atoms with Crippen LogP contribution in [0.2, 0.25) is 0 Å². The van der Waals surface area contributed by atoms with Crippen LogP contribution in [0.1, 0.15) is 38.5 Å². The van der Waals surface area contributed by atoms with E-state index in [1.165, 1.54) is 28.2 Å². The van der Waals surface area contributed by atoms with Gasteiger partial charge in [0.15, 0.2) is 0 Å². The molecule has 2 aliphatic rings. The van der Waals surface area contributed by atoms with Gasteiger partial charge in [-0.2, -0.15) is 5.10 Å². The van der Waals surface area contributed by atoms with E-state index < -0.39 is 0 Å². The topological polar surface area (TPSA) is 44.2 Å². The number of ether oxygens (including phenoxy) is 2. The Morgan fingerprint density at radius 3 is 1.88 bits per heavy atom. The number of benzene rings is 2. The molecule has 0 bridgehead atoms. The summed E-state index contributed by atoms with van der Waals surface area (Å²) in [6, 6.07) is 19.2. The number of aromatic nitrogens is 2.